The summed E-state index contributed by atoms with van der Waals surface area (Å²) in [4.78, 5) is 24.3. The van der Waals surface area contributed by atoms with Crippen LogP contribution in [0.2, 0.25) is 0 Å². The highest BCUT2D eigenvalue weighted by atomic mass is 32.2. The summed E-state index contributed by atoms with van der Waals surface area (Å²) in [6.07, 6.45) is -1.86. The first-order chi connectivity index (χ1) is 17.1. The summed E-state index contributed by atoms with van der Waals surface area (Å²) in [6, 6.07) is 9.97. The topological polar surface area (TPSA) is 112 Å². The van der Waals surface area contributed by atoms with Crippen LogP contribution in [-0.2, 0) is 9.59 Å². The largest absolute Gasteiger partial charge is 0.573 e. The average Bonchev–Trinajstić information content (AvgIpc) is 3.28. The SMILES string of the molecule is COc1ccc(/C=C/C(=O)Nc2nnc(SCC(=O)Nc3ccc(OC(F)(F)F)cc3)s2)cc1OC. The maximum absolute atomic E-state index is 12.2. The molecule has 0 fully saturated rings. The minimum atomic E-state index is -4.79. The Morgan fingerprint density at radius 3 is 2.42 bits per heavy atom. The van der Waals surface area contributed by atoms with E-state index in [1.807, 2.05) is 0 Å². The summed E-state index contributed by atoms with van der Waals surface area (Å²) < 4.78 is 51.2. The van der Waals surface area contributed by atoms with Gasteiger partial charge in [-0.1, -0.05) is 29.2 Å². The predicted octanol–water partition coefficient (Wildman–Crippen LogP) is 4.84. The number of alkyl halides is 3. The first kappa shape index (κ1) is 26.8. The number of carbonyl (C=O) groups excluding carboxylic acids is 2. The van der Waals surface area contributed by atoms with Gasteiger partial charge in [-0.3, -0.25) is 14.9 Å². The number of nitrogens with zero attached hydrogens (tertiary/aromatic N) is 2. The number of thioether (sulfide) groups is 1. The fourth-order valence-electron chi connectivity index (χ4n) is 2.66. The summed E-state index contributed by atoms with van der Waals surface area (Å²) in [6.45, 7) is 0. The third-order valence-corrected chi connectivity index (χ3v) is 6.14. The highest BCUT2D eigenvalue weighted by molar-refractivity contribution is 8.01. The van der Waals surface area contributed by atoms with Crippen molar-refractivity contribution in [1.82, 2.24) is 10.2 Å². The van der Waals surface area contributed by atoms with Gasteiger partial charge in [0.1, 0.15) is 5.75 Å². The number of rotatable bonds is 10. The van der Waals surface area contributed by atoms with Gasteiger partial charge < -0.3 is 19.5 Å². The number of halogens is 3. The van der Waals surface area contributed by atoms with Crippen LogP contribution in [0.1, 0.15) is 5.56 Å². The molecule has 0 aliphatic carbocycles. The molecule has 0 saturated heterocycles. The minimum absolute atomic E-state index is 0.0252. The van der Waals surface area contributed by atoms with Crippen molar-refractivity contribution >= 4 is 51.8 Å². The van der Waals surface area contributed by atoms with Crippen LogP contribution in [-0.4, -0.2) is 48.3 Å². The van der Waals surface area contributed by atoms with Crippen molar-refractivity contribution in [2.75, 3.05) is 30.6 Å². The molecule has 0 unspecified atom stereocenters. The molecule has 0 saturated carbocycles. The standard InChI is InChI=1S/C22H19F3N4O5S2/c1-32-16-9-3-13(11-17(16)33-2)4-10-18(30)27-20-28-29-21(36-20)35-12-19(31)26-14-5-7-15(8-6-14)34-22(23,24)25/h3-11H,12H2,1-2H3,(H,26,31)(H,27,28,30)/b10-4+. The first-order valence-corrected chi connectivity index (χ1v) is 11.8. The molecule has 0 spiro atoms. The maximum Gasteiger partial charge on any atom is 0.573 e. The van der Waals surface area contributed by atoms with E-state index in [0.29, 0.717) is 21.5 Å². The number of nitrogens with one attached hydrogen (secondary N) is 2. The van der Waals surface area contributed by atoms with E-state index in [0.717, 1.165) is 40.8 Å². The van der Waals surface area contributed by atoms with E-state index in [-0.39, 0.29) is 10.9 Å². The zero-order chi connectivity index (χ0) is 26.1. The van der Waals surface area contributed by atoms with Crippen molar-refractivity contribution in [1.29, 1.82) is 0 Å². The van der Waals surface area contributed by atoms with Gasteiger partial charge in [0.25, 0.3) is 0 Å². The summed E-state index contributed by atoms with van der Waals surface area (Å²) in [7, 11) is 3.04. The molecule has 0 radical (unpaired) electrons. The van der Waals surface area contributed by atoms with Crippen LogP contribution in [0.3, 0.4) is 0 Å². The van der Waals surface area contributed by atoms with Crippen molar-refractivity contribution in [2.45, 2.75) is 10.7 Å². The number of amides is 2. The molecule has 2 amide bonds. The summed E-state index contributed by atoms with van der Waals surface area (Å²) in [5.41, 5.74) is 1.03. The Morgan fingerprint density at radius 1 is 1.03 bits per heavy atom. The minimum Gasteiger partial charge on any atom is -0.493 e. The number of aromatic nitrogens is 2. The maximum atomic E-state index is 12.2. The van der Waals surface area contributed by atoms with Crippen molar-refractivity contribution < 1.29 is 37.0 Å². The second kappa shape index (κ2) is 12.3. The quantitative estimate of drug-likeness (QED) is 0.214. The van der Waals surface area contributed by atoms with Crippen LogP contribution in [0.5, 0.6) is 17.2 Å². The van der Waals surface area contributed by atoms with Crippen molar-refractivity contribution in [3.8, 4) is 17.2 Å². The van der Waals surface area contributed by atoms with Crippen molar-refractivity contribution in [3.05, 3.63) is 54.1 Å². The Labute approximate surface area is 211 Å². The molecule has 3 rings (SSSR count). The van der Waals surface area contributed by atoms with Gasteiger partial charge in [0, 0.05) is 11.8 Å². The summed E-state index contributed by atoms with van der Waals surface area (Å²) in [5.74, 6) is -0.140. The van der Waals surface area contributed by atoms with Crippen molar-refractivity contribution in [2.24, 2.45) is 0 Å². The predicted molar refractivity (Wildman–Crippen MR) is 130 cm³/mol. The van der Waals surface area contributed by atoms with E-state index >= 15 is 0 Å². The molecule has 36 heavy (non-hydrogen) atoms. The number of hydrogen-bond donors (Lipinski definition) is 2. The Balaban J connectivity index is 1.46. The van der Waals surface area contributed by atoms with Crippen LogP contribution in [0.25, 0.3) is 6.08 Å². The van der Waals surface area contributed by atoms with Gasteiger partial charge in [0.05, 0.1) is 20.0 Å². The van der Waals surface area contributed by atoms with E-state index in [2.05, 4.69) is 25.6 Å². The molecule has 0 bridgehead atoms. The van der Waals surface area contributed by atoms with E-state index in [9.17, 15) is 22.8 Å². The molecule has 190 valence electrons. The molecule has 0 atom stereocenters. The molecule has 1 aromatic heterocycles. The molecule has 1 heterocycles. The lowest BCUT2D eigenvalue weighted by atomic mass is 10.2. The van der Waals surface area contributed by atoms with Crippen molar-refractivity contribution in [3.63, 3.8) is 0 Å². The Kier molecular flexibility index (Phi) is 9.13. The zero-order valence-electron chi connectivity index (χ0n) is 18.8. The normalized spacial score (nSPS) is 11.2. The number of benzene rings is 2. The Morgan fingerprint density at radius 2 is 1.75 bits per heavy atom. The van der Waals surface area contributed by atoms with E-state index in [1.54, 1.807) is 24.3 Å². The van der Waals surface area contributed by atoms with E-state index in [1.165, 1.54) is 32.4 Å². The average molecular weight is 541 g/mol. The lowest BCUT2D eigenvalue weighted by Gasteiger charge is -2.09. The van der Waals surface area contributed by atoms with Gasteiger partial charge in [-0.2, -0.15) is 0 Å². The molecule has 3 aromatic rings. The monoisotopic (exact) mass is 540 g/mol. The third-order valence-electron chi connectivity index (χ3n) is 4.17. The fraction of sp³-hybridized carbons (Fsp3) is 0.182. The second-order valence-electron chi connectivity index (χ2n) is 6.72. The Bertz CT molecular complexity index is 1230. The first-order valence-electron chi connectivity index (χ1n) is 9.98. The van der Waals surface area contributed by atoms with Gasteiger partial charge in [-0.15, -0.1) is 23.4 Å². The molecule has 14 heteroatoms. The van der Waals surface area contributed by atoms with Crippen LogP contribution in [0.4, 0.5) is 24.0 Å². The molecular weight excluding hydrogens is 521 g/mol. The van der Waals surface area contributed by atoms with E-state index in [4.69, 9.17) is 9.47 Å². The molecule has 2 aromatic carbocycles. The highest BCUT2D eigenvalue weighted by Gasteiger charge is 2.31. The van der Waals surface area contributed by atoms with E-state index < -0.39 is 23.9 Å². The third kappa shape index (κ3) is 8.46. The molecule has 0 aliphatic rings. The molecule has 9 nitrogen and oxygen atoms in total. The van der Waals surface area contributed by atoms with Crippen LogP contribution < -0.4 is 24.8 Å². The highest BCUT2D eigenvalue weighted by Crippen LogP contribution is 2.29. The van der Waals surface area contributed by atoms with Gasteiger partial charge >= 0.3 is 6.36 Å². The van der Waals surface area contributed by atoms with Gasteiger partial charge in [-0.25, -0.2) is 0 Å². The van der Waals surface area contributed by atoms with Gasteiger partial charge in [-0.05, 0) is 48.0 Å². The summed E-state index contributed by atoms with van der Waals surface area (Å²) in [5, 5.41) is 13.2. The van der Waals surface area contributed by atoms with Gasteiger partial charge in [0.15, 0.2) is 15.8 Å². The molecular formula is C22H19F3N4O5S2. The lowest BCUT2D eigenvalue weighted by Crippen LogP contribution is -2.17. The lowest BCUT2D eigenvalue weighted by molar-refractivity contribution is -0.274. The number of methoxy groups -OCH3 is 2. The Hall–Kier alpha value is -3.78. The number of ether oxygens (including phenoxy) is 3. The molecule has 0 aliphatic heterocycles. The van der Waals surface area contributed by atoms with Crippen LogP contribution >= 0.6 is 23.1 Å². The van der Waals surface area contributed by atoms with Crippen LogP contribution in [0, 0.1) is 0 Å². The number of anilines is 2. The summed E-state index contributed by atoms with van der Waals surface area (Å²) >= 11 is 2.17. The zero-order valence-corrected chi connectivity index (χ0v) is 20.4. The fourth-order valence-corrected chi connectivity index (χ4v) is 4.21. The second-order valence-corrected chi connectivity index (χ2v) is 8.92. The van der Waals surface area contributed by atoms with Gasteiger partial charge in [0.2, 0.25) is 16.9 Å². The van der Waals surface area contributed by atoms with Crippen LogP contribution in [0.15, 0.2) is 52.9 Å². The molecule has 2 N–H and O–H groups in total. The smallest absolute Gasteiger partial charge is 0.493 e. The number of carbonyl (C=O) groups is 2. The number of hydrogen-bond acceptors (Lipinski definition) is 9.